The summed E-state index contributed by atoms with van der Waals surface area (Å²) in [5.74, 6) is 0.280. The van der Waals surface area contributed by atoms with Crippen LogP contribution in [0.25, 0.3) is 0 Å². The molecule has 20 heavy (non-hydrogen) atoms. The Bertz CT molecular complexity index is 640. The van der Waals surface area contributed by atoms with E-state index in [9.17, 15) is 4.79 Å². The summed E-state index contributed by atoms with van der Waals surface area (Å²) in [5, 5.41) is 3.38. The summed E-state index contributed by atoms with van der Waals surface area (Å²) in [5.41, 5.74) is 5.94. The number of carbonyl (C=O) groups excluding carboxylic acids is 1. The summed E-state index contributed by atoms with van der Waals surface area (Å²) in [7, 11) is 0. The highest BCUT2D eigenvalue weighted by molar-refractivity contribution is 5.93. The van der Waals surface area contributed by atoms with E-state index in [1.165, 1.54) is 16.7 Å². The van der Waals surface area contributed by atoms with Gasteiger partial charge in [-0.3, -0.25) is 4.79 Å². The minimum absolute atomic E-state index is 0.105. The fourth-order valence-electron chi connectivity index (χ4n) is 2.98. The van der Waals surface area contributed by atoms with Gasteiger partial charge in [-0.25, -0.2) is 0 Å². The van der Waals surface area contributed by atoms with Crippen molar-refractivity contribution in [1.29, 1.82) is 0 Å². The standard InChI is InChI=1S/C18H19NO/c1-12-7-13(2)9-14(8-12)10-17-18(20)11-15-5-3-4-6-16(15)19-17/h3-9,17,19H,10-11H2,1-2H3/t17-/m1/s1. The highest BCUT2D eigenvalue weighted by atomic mass is 16.1. The number of rotatable bonds is 2. The Kier molecular flexibility index (Phi) is 3.31. The lowest BCUT2D eigenvalue weighted by molar-refractivity contribution is -0.119. The van der Waals surface area contributed by atoms with E-state index in [0.29, 0.717) is 6.42 Å². The maximum Gasteiger partial charge on any atom is 0.159 e. The zero-order valence-corrected chi connectivity index (χ0v) is 11.9. The van der Waals surface area contributed by atoms with Crippen molar-refractivity contribution in [3.8, 4) is 0 Å². The van der Waals surface area contributed by atoms with Gasteiger partial charge in [-0.1, -0.05) is 47.5 Å². The van der Waals surface area contributed by atoms with Crippen LogP contribution in [-0.4, -0.2) is 11.8 Å². The average Bonchev–Trinajstić information content (AvgIpc) is 2.38. The lowest BCUT2D eigenvalue weighted by atomic mass is 9.92. The summed E-state index contributed by atoms with van der Waals surface area (Å²) < 4.78 is 0. The van der Waals surface area contributed by atoms with Crippen LogP contribution in [0.3, 0.4) is 0 Å². The number of nitrogens with one attached hydrogen (secondary N) is 1. The SMILES string of the molecule is Cc1cc(C)cc(C[C@H]2Nc3ccccc3CC2=O)c1. The predicted molar refractivity (Wildman–Crippen MR) is 82.2 cm³/mol. The van der Waals surface area contributed by atoms with E-state index in [2.05, 4.69) is 43.4 Å². The number of hydrogen-bond acceptors (Lipinski definition) is 2. The molecular formula is C18H19NO. The number of hydrogen-bond donors (Lipinski definition) is 1. The first-order valence-corrected chi connectivity index (χ1v) is 7.06. The van der Waals surface area contributed by atoms with Crippen molar-refractivity contribution in [2.45, 2.75) is 32.7 Å². The zero-order valence-electron chi connectivity index (χ0n) is 11.9. The Morgan fingerprint density at radius 2 is 1.80 bits per heavy atom. The Morgan fingerprint density at radius 3 is 2.55 bits per heavy atom. The molecule has 1 N–H and O–H groups in total. The number of Topliss-reactive ketones (excluding diaryl/α,β-unsaturated/α-hetero) is 1. The molecule has 1 atom stereocenters. The van der Waals surface area contributed by atoms with E-state index < -0.39 is 0 Å². The molecule has 2 nitrogen and oxygen atoms in total. The topological polar surface area (TPSA) is 29.1 Å². The van der Waals surface area contributed by atoms with E-state index in [4.69, 9.17) is 0 Å². The maximum absolute atomic E-state index is 12.3. The Labute approximate surface area is 119 Å². The molecule has 0 unspecified atom stereocenters. The molecular weight excluding hydrogens is 246 g/mol. The summed E-state index contributed by atoms with van der Waals surface area (Å²) in [4.78, 5) is 12.3. The summed E-state index contributed by atoms with van der Waals surface area (Å²) in [6, 6.07) is 14.5. The lowest BCUT2D eigenvalue weighted by Gasteiger charge is -2.26. The molecule has 3 rings (SSSR count). The van der Waals surface area contributed by atoms with Crippen LogP contribution in [0.1, 0.15) is 22.3 Å². The highest BCUT2D eigenvalue weighted by Crippen LogP contribution is 2.24. The highest BCUT2D eigenvalue weighted by Gasteiger charge is 2.25. The van der Waals surface area contributed by atoms with E-state index in [1.807, 2.05) is 18.2 Å². The fourth-order valence-corrected chi connectivity index (χ4v) is 2.98. The van der Waals surface area contributed by atoms with Crippen molar-refractivity contribution < 1.29 is 4.79 Å². The van der Waals surface area contributed by atoms with Crippen molar-refractivity contribution in [3.63, 3.8) is 0 Å². The van der Waals surface area contributed by atoms with Crippen LogP contribution in [-0.2, 0) is 17.6 Å². The van der Waals surface area contributed by atoms with Gasteiger partial charge in [0.1, 0.15) is 0 Å². The Hall–Kier alpha value is -2.09. The van der Waals surface area contributed by atoms with Gasteiger partial charge in [0.05, 0.1) is 6.04 Å². The van der Waals surface area contributed by atoms with Crippen LogP contribution in [0.4, 0.5) is 5.69 Å². The molecule has 0 saturated carbocycles. The normalized spacial score (nSPS) is 17.5. The molecule has 0 bridgehead atoms. The number of benzene rings is 2. The molecule has 0 saturated heterocycles. The number of aryl methyl sites for hydroxylation is 2. The first-order valence-electron chi connectivity index (χ1n) is 7.06. The predicted octanol–water partition coefficient (Wildman–Crippen LogP) is 3.45. The van der Waals surface area contributed by atoms with Gasteiger partial charge in [0.15, 0.2) is 5.78 Å². The molecule has 1 aliphatic rings. The van der Waals surface area contributed by atoms with Crippen LogP contribution in [0.5, 0.6) is 0 Å². The second-order valence-corrected chi connectivity index (χ2v) is 5.70. The Morgan fingerprint density at radius 1 is 1.10 bits per heavy atom. The number of anilines is 1. The van der Waals surface area contributed by atoms with Crippen molar-refractivity contribution in [2.24, 2.45) is 0 Å². The quantitative estimate of drug-likeness (QED) is 0.901. The van der Waals surface area contributed by atoms with Crippen LogP contribution in [0, 0.1) is 13.8 Å². The van der Waals surface area contributed by atoms with Crippen molar-refractivity contribution in [1.82, 2.24) is 0 Å². The molecule has 2 heteroatoms. The zero-order chi connectivity index (χ0) is 14.1. The second-order valence-electron chi connectivity index (χ2n) is 5.70. The van der Waals surface area contributed by atoms with Crippen LogP contribution >= 0.6 is 0 Å². The second kappa shape index (κ2) is 5.12. The molecule has 0 fully saturated rings. The molecule has 2 aromatic rings. The van der Waals surface area contributed by atoms with Gasteiger partial charge in [-0.2, -0.15) is 0 Å². The number of fused-ring (bicyclic) bond motifs is 1. The van der Waals surface area contributed by atoms with Gasteiger partial charge in [0.25, 0.3) is 0 Å². The minimum Gasteiger partial charge on any atom is -0.375 e. The third-order valence-corrected chi connectivity index (χ3v) is 3.82. The maximum atomic E-state index is 12.3. The largest absolute Gasteiger partial charge is 0.375 e. The summed E-state index contributed by atoms with van der Waals surface area (Å²) in [6.45, 7) is 4.20. The first-order chi connectivity index (χ1) is 9.61. The number of ketones is 1. The molecule has 1 heterocycles. The van der Waals surface area contributed by atoms with Gasteiger partial charge in [-0.15, -0.1) is 0 Å². The van der Waals surface area contributed by atoms with Crippen molar-refractivity contribution >= 4 is 11.5 Å². The van der Waals surface area contributed by atoms with E-state index in [-0.39, 0.29) is 11.8 Å². The Balaban J connectivity index is 1.83. The molecule has 0 radical (unpaired) electrons. The molecule has 0 aliphatic carbocycles. The monoisotopic (exact) mass is 265 g/mol. The van der Waals surface area contributed by atoms with Gasteiger partial charge < -0.3 is 5.32 Å². The first kappa shape index (κ1) is 12.9. The molecule has 1 aliphatic heterocycles. The molecule has 2 aromatic carbocycles. The third kappa shape index (κ3) is 2.60. The smallest absolute Gasteiger partial charge is 0.159 e. The number of carbonyl (C=O) groups is 1. The molecule has 102 valence electrons. The van der Waals surface area contributed by atoms with Gasteiger partial charge in [-0.05, 0) is 37.5 Å². The molecule has 0 amide bonds. The minimum atomic E-state index is -0.105. The molecule has 0 spiro atoms. The van der Waals surface area contributed by atoms with Gasteiger partial charge in [0, 0.05) is 12.1 Å². The van der Waals surface area contributed by atoms with E-state index in [0.717, 1.165) is 17.7 Å². The average molecular weight is 265 g/mol. The van der Waals surface area contributed by atoms with Crippen LogP contribution < -0.4 is 5.32 Å². The van der Waals surface area contributed by atoms with Gasteiger partial charge in [0.2, 0.25) is 0 Å². The van der Waals surface area contributed by atoms with Gasteiger partial charge >= 0.3 is 0 Å². The summed E-state index contributed by atoms with van der Waals surface area (Å²) >= 11 is 0. The fraction of sp³-hybridized carbons (Fsp3) is 0.278. The molecule has 0 aromatic heterocycles. The van der Waals surface area contributed by atoms with Crippen molar-refractivity contribution in [2.75, 3.05) is 5.32 Å². The lowest BCUT2D eigenvalue weighted by Crippen LogP contribution is -2.37. The van der Waals surface area contributed by atoms with E-state index in [1.54, 1.807) is 0 Å². The van der Waals surface area contributed by atoms with Crippen molar-refractivity contribution in [3.05, 3.63) is 64.7 Å². The van der Waals surface area contributed by atoms with E-state index >= 15 is 0 Å². The number of para-hydroxylation sites is 1. The third-order valence-electron chi connectivity index (χ3n) is 3.82. The van der Waals surface area contributed by atoms with Crippen LogP contribution in [0.15, 0.2) is 42.5 Å². The summed E-state index contributed by atoms with van der Waals surface area (Å²) in [6.07, 6.45) is 1.30. The van der Waals surface area contributed by atoms with Crippen LogP contribution in [0.2, 0.25) is 0 Å².